The van der Waals surface area contributed by atoms with Crippen LogP contribution in [0.25, 0.3) is 11.1 Å². The number of likely N-dealkylation sites (tertiary alicyclic amines) is 1. The Labute approximate surface area is 209 Å². The van der Waals surface area contributed by atoms with Crippen LogP contribution in [0, 0.1) is 17.8 Å². The molecular weight excluding hydrogens is 434 g/mol. The Hall–Kier alpha value is -2.60. The van der Waals surface area contributed by atoms with Crippen molar-refractivity contribution in [2.24, 2.45) is 17.8 Å². The van der Waals surface area contributed by atoms with Crippen LogP contribution < -0.4 is 4.90 Å². The predicted molar refractivity (Wildman–Crippen MR) is 141 cm³/mol. The molecule has 4 aliphatic rings. The van der Waals surface area contributed by atoms with Crippen molar-refractivity contribution in [1.29, 1.82) is 0 Å². The van der Waals surface area contributed by atoms with Crippen LogP contribution >= 0.6 is 0 Å². The summed E-state index contributed by atoms with van der Waals surface area (Å²) in [7, 11) is 0. The number of piperidine rings is 1. The number of hydrogen-bond donors (Lipinski definition) is 0. The number of carbonyl (C=O) groups is 1. The van der Waals surface area contributed by atoms with Crippen molar-refractivity contribution in [3.8, 4) is 0 Å². The Bertz CT molecular complexity index is 1140. The first-order valence-electron chi connectivity index (χ1n) is 13.7. The van der Waals surface area contributed by atoms with Crippen molar-refractivity contribution in [3.63, 3.8) is 0 Å². The maximum Gasteiger partial charge on any atom is 0.226 e. The van der Waals surface area contributed by atoms with Crippen molar-refractivity contribution >= 4 is 22.7 Å². The Morgan fingerprint density at radius 2 is 1.94 bits per heavy atom. The molecule has 4 heterocycles. The van der Waals surface area contributed by atoms with Gasteiger partial charge in [-0.15, -0.1) is 0 Å². The molecule has 0 bridgehead atoms. The molecule has 2 saturated heterocycles. The van der Waals surface area contributed by atoms with Gasteiger partial charge in [0.2, 0.25) is 5.91 Å². The van der Waals surface area contributed by atoms with Crippen LogP contribution in [0.5, 0.6) is 0 Å². The summed E-state index contributed by atoms with van der Waals surface area (Å²) < 4.78 is 2.03. The van der Waals surface area contributed by atoms with Gasteiger partial charge in [-0.2, -0.15) is 5.10 Å². The first kappa shape index (κ1) is 22.8. The highest BCUT2D eigenvalue weighted by atomic mass is 16.2. The molecule has 2 aliphatic heterocycles. The maximum absolute atomic E-state index is 12.6. The van der Waals surface area contributed by atoms with Crippen molar-refractivity contribution < 1.29 is 4.79 Å². The number of allylic oxidation sites excluding steroid dienone is 4. The van der Waals surface area contributed by atoms with E-state index < -0.39 is 0 Å². The average Bonchev–Trinajstić information content (AvgIpc) is 3.66. The van der Waals surface area contributed by atoms with Crippen LogP contribution in [0.3, 0.4) is 0 Å². The summed E-state index contributed by atoms with van der Waals surface area (Å²) in [5, 5.41) is 4.62. The molecule has 186 valence electrons. The highest BCUT2D eigenvalue weighted by molar-refractivity contribution is 5.84. The van der Waals surface area contributed by atoms with Crippen LogP contribution in [0.15, 0.2) is 42.8 Å². The summed E-state index contributed by atoms with van der Waals surface area (Å²) in [6, 6.07) is 4.67. The van der Waals surface area contributed by atoms with Gasteiger partial charge in [0.05, 0.1) is 11.2 Å². The molecule has 1 saturated carbocycles. The molecule has 6 rings (SSSR count). The minimum absolute atomic E-state index is 0.240. The standard InChI is InChI=1S/C29H39N5O/c1-3-31-14-11-24(12-15-31)22-4-6-23(7-5-22)26-18-28-27(10-13-30-34(28)20-26)32-16-17-33(21(2)19-32)29(35)25-8-9-25/h4,6-7,10,13,18,20-22,24-25H,3,5,8-9,11-12,14-17,19H2,1-2H3/t21-,22?/m1/s1. The topological polar surface area (TPSA) is 44.1 Å². The molecule has 1 amide bonds. The van der Waals surface area contributed by atoms with Gasteiger partial charge in [0.1, 0.15) is 0 Å². The fourth-order valence-electron chi connectivity index (χ4n) is 6.39. The Morgan fingerprint density at radius 3 is 2.63 bits per heavy atom. The number of anilines is 1. The number of carbonyl (C=O) groups excluding carboxylic acids is 1. The van der Waals surface area contributed by atoms with Gasteiger partial charge in [-0.05, 0) is 88.2 Å². The smallest absolute Gasteiger partial charge is 0.226 e. The molecule has 6 heteroatoms. The van der Waals surface area contributed by atoms with E-state index in [1.54, 1.807) is 0 Å². The third-order valence-electron chi connectivity index (χ3n) is 8.82. The van der Waals surface area contributed by atoms with Gasteiger partial charge in [-0.3, -0.25) is 4.79 Å². The second-order valence-electron chi connectivity index (χ2n) is 11.1. The zero-order valence-corrected chi connectivity index (χ0v) is 21.3. The van der Waals surface area contributed by atoms with E-state index in [9.17, 15) is 4.79 Å². The molecule has 35 heavy (non-hydrogen) atoms. The van der Waals surface area contributed by atoms with Gasteiger partial charge >= 0.3 is 0 Å². The molecule has 2 atom stereocenters. The molecule has 1 unspecified atom stereocenters. The van der Waals surface area contributed by atoms with E-state index in [1.165, 1.54) is 49.3 Å². The molecule has 0 spiro atoms. The maximum atomic E-state index is 12.6. The summed E-state index contributed by atoms with van der Waals surface area (Å²) in [4.78, 5) is 19.8. The van der Waals surface area contributed by atoms with Crippen molar-refractivity contribution in [2.75, 3.05) is 44.2 Å². The molecule has 2 aromatic heterocycles. The van der Waals surface area contributed by atoms with Crippen LogP contribution in [-0.2, 0) is 4.79 Å². The molecular formula is C29H39N5O. The Kier molecular flexibility index (Phi) is 6.17. The minimum Gasteiger partial charge on any atom is -0.366 e. The Balaban J connectivity index is 1.15. The second-order valence-corrected chi connectivity index (χ2v) is 11.1. The van der Waals surface area contributed by atoms with E-state index in [1.807, 2.05) is 10.7 Å². The normalized spacial score (nSPS) is 26.4. The number of aromatic nitrogens is 2. The lowest BCUT2D eigenvalue weighted by molar-refractivity contribution is -0.134. The van der Waals surface area contributed by atoms with E-state index in [2.05, 4.69) is 70.2 Å². The molecule has 2 aliphatic carbocycles. The van der Waals surface area contributed by atoms with E-state index in [0.717, 1.165) is 50.3 Å². The third-order valence-corrected chi connectivity index (χ3v) is 8.82. The van der Waals surface area contributed by atoms with E-state index in [-0.39, 0.29) is 6.04 Å². The number of hydrogen-bond acceptors (Lipinski definition) is 4. The van der Waals surface area contributed by atoms with Crippen molar-refractivity contribution in [3.05, 3.63) is 48.3 Å². The van der Waals surface area contributed by atoms with E-state index >= 15 is 0 Å². The number of nitrogens with zero attached hydrogens (tertiary/aromatic N) is 5. The van der Waals surface area contributed by atoms with E-state index in [0.29, 0.717) is 17.7 Å². The summed E-state index contributed by atoms with van der Waals surface area (Å²) in [6.07, 6.45) is 17.3. The number of amides is 1. The van der Waals surface area contributed by atoms with Crippen LogP contribution in [0.1, 0.15) is 51.5 Å². The van der Waals surface area contributed by atoms with Gasteiger partial charge < -0.3 is 14.7 Å². The quantitative estimate of drug-likeness (QED) is 0.643. The predicted octanol–water partition coefficient (Wildman–Crippen LogP) is 4.47. The van der Waals surface area contributed by atoms with Gasteiger partial charge in [-0.25, -0.2) is 4.52 Å². The first-order valence-corrected chi connectivity index (χ1v) is 13.7. The molecule has 0 radical (unpaired) electrons. The van der Waals surface area contributed by atoms with Gasteiger partial charge in [-0.1, -0.05) is 25.2 Å². The number of fused-ring (bicyclic) bond motifs is 1. The number of piperazine rings is 1. The van der Waals surface area contributed by atoms with Crippen molar-refractivity contribution in [2.45, 2.75) is 52.0 Å². The van der Waals surface area contributed by atoms with Gasteiger partial charge in [0, 0.05) is 49.6 Å². The highest BCUT2D eigenvalue weighted by Crippen LogP contribution is 2.36. The fourth-order valence-corrected chi connectivity index (χ4v) is 6.39. The lowest BCUT2D eigenvalue weighted by Crippen LogP contribution is -2.54. The van der Waals surface area contributed by atoms with Gasteiger partial charge in [0.15, 0.2) is 0 Å². The summed E-state index contributed by atoms with van der Waals surface area (Å²) in [5.74, 6) is 2.16. The summed E-state index contributed by atoms with van der Waals surface area (Å²) in [5.41, 5.74) is 4.94. The monoisotopic (exact) mass is 473 g/mol. The molecule has 0 aromatic carbocycles. The highest BCUT2D eigenvalue weighted by Gasteiger charge is 2.37. The van der Waals surface area contributed by atoms with Crippen molar-refractivity contribution in [1.82, 2.24) is 19.4 Å². The van der Waals surface area contributed by atoms with E-state index in [4.69, 9.17) is 0 Å². The van der Waals surface area contributed by atoms with Gasteiger partial charge in [0.25, 0.3) is 0 Å². The molecule has 3 fully saturated rings. The zero-order chi connectivity index (χ0) is 23.9. The van der Waals surface area contributed by atoms with Crippen LogP contribution in [0.4, 0.5) is 5.69 Å². The zero-order valence-electron chi connectivity index (χ0n) is 21.3. The molecule has 0 N–H and O–H groups in total. The molecule has 2 aromatic rings. The third kappa shape index (κ3) is 4.53. The fraction of sp³-hybridized carbons (Fsp3) is 0.586. The average molecular weight is 474 g/mol. The SMILES string of the molecule is CCN1CCC(C2C=CC(c3cc4c(N5CCN(C(=O)C6CC6)[C@H](C)C5)ccnn4c3)=CC2)CC1. The molecule has 6 nitrogen and oxygen atoms in total. The van der Waals surface area contributed by atoms with Crippen LogP contribution in [-0.4, -0.2) is 70.6 Å². The Morgan fingerprint density at radius 1 is 1.11 bits per heavy atom. The summed E-state index contributed by atoms with van der Waals surface area (Å²) >= 11 is 0. The number of rotatable bonds is 5. The lowest BCUT2D eigenvalue weighted by atomic mass is 9.79. The largest absolute Gasteiger partial charge is 0.366 e. The summed E-state index contributed by atoms with van der Waals surface area (Å²) in [6.45, 7) is 10.7. The second kappa shape index (κ2) is 9.45. The first-order chi connectivity index (χ1) is 17.1. The lowest BCUT2D eigenvalue weighted by Gasteiger charge is -2.41. The van der Waals surface area contributed by atoms with Crippen LogP contribution in [0.2, 0.25) is 0 Å². The minimum atomic E-state index is 0.240.